The molecule has 0 saturated heterocycles. The van der Waals surface area contributed by atoms with Gasteiger partial charge in [-0.25, -0.2) is 0 Å². The van der Waals surface area contributed by atoms with Crippen molar-refractivity contribution in [2.24, 2.45) is 0 Å². The van der Waals surface area contributed by atoms with E-state index in [0.717, 1.165) is 12.7 Å². The van der Waals surface area contributed by atoms with Crippen LogP contribution in [0, 0.1) is 0 Å². The second-order valence-electron chi connectivity index (χ2n) is 5.20. The predicted molar refractivity (Wildman–Crippen MR) is 80.9 cm³/mol. The number of hydrogen-bond acceptors (Lipinski definition) is 1. The van der Waals surface area contributed by atoms with Crippen LogP contribution in [0.5, 0.6) is 0 Å². The number of aldehydes is 1. The van der Waals surface area contributed by atoms with Gasteiger partial charge in [0.25, 0.3) is 0 Å². The largest absolute Gasteiger partial charge is 0.303 e. The van der Waals surface area contributed by atoms with Crippen molar-refractivity contribution in [3.63, 3.8) is 0 Å². The first kappa shape index (κ1) is 17.4. The van der Waals surface area contributed by atoms with Crippen LogP contribution in [0.4, 0.5) is 0 Å². The normalized spacial score (nSPS) is 11.2. The van der Waals surface area contributed by atoms with E-state index < -0.39 is 0 Å². The lowest BCUT2D eigenvalue weighted by atomic mass is 10.1. The molecule has 0 aromatic rings. The van der Waals surface area contributed by atoms with Gasteiger partial charge in [0.2, 0.25) is 0 Å². The molecule has 0 radical (unpaired) electrons. The topological polar surface area (TPSA) is 17.1 Å². The average Bonchev–Trinajstić information content (AvgIpc) is 2.39. The van der Waals surface area contributed by atoms with Crippen LogP contribution >= 0.6 is 0 Å². The average molecular weight is 252 g/mol. The maximum atomic E-state index is 10.1. The SMILES string of the molecule is CCCCCCCCCCCCC/C=C/CC=O. The molecule has 0 amide bonds. The molecular formula is C17H32O. The summed E-state index contributed by atoms with van der Waals surface area (Å²) in [6.07, 6.45) is 22.2. The molecule has 0 aliphatic heterocycles. The smallest absolute Gasteiger partial charge is 0.123 e. The highest BCUT2D eigenvalue weighted by Gasteiger charge is 1.92. The van der Waals surface area contributed by atoms with Gasteiger partial charge >= 0.3 is 0 Å². The molecule has 0 saturated carbocycles. The van der Waals surface area contributed by atoms with Crippen molar-refractivity contribution in [3.05, 3.63) is 12.2 Å². The van der Waals surface area contributed by atoms with E-state index in [9.17, 15) is 4.79 Å². The molecule has 0 unspecified atom stereocenters. The number of carbonyl (C=O) groups is 1. The van der Waals surface area contributed by atoms with Gasteiger partial charge in [-0.1, -0.05) is 83.3 Å². The van der Waals surface area contributed by atoms with E-state index in [1.165, 1.54) is 70.6 Å². The van der Waals surface area contributed by atoms with Crippen LogP contribution in [0.3, 0.4) is 0 Å². The second kappa shape index (κ2) is 16.4. The molecule has 0 aromatic heterocycles. The fourth-order valence-corrected chi connectivity index (χ4v) is 2.20. The van der Waals surface area contributed by atoms with Crippen LogP contribution < -0.4 is 0 Å². The molecule has 1 heteroatoms. The maximum absolute atomic E-state index is 10.1. The fraction of sp³-hybridized carbons (Fsp3) is 0.824. The monoisotopic (exact) mass is 252 g/mol. The minimum atomic E-state index is 0.581. The number of unbranched alkanes of at least 4 members (excludes halogenated alkanes) is 11. The Kier molecular flexibility index (Phi) is 15.9. The summed E-state index contributed by atoms with van der Waals surface area (Å²) in [5.41, 5.74) is 0. The zero-order valence-corrected chi connectivity index (χ0v) is 12.3. The summed E-state index contributed by atoms with van der Waals surface area (Å²) in [5, 5.41) is 0. The molecule has 0 fully saturated rings. The molecule has 0 atom stereocenters. The van der Waals surface area contributed by atoms with E-state index in [-0.39, 0.29) is 0 Å². The van der Waals surface area contributed by atoms with Gasteiger partial charge in [-0.2, -0.15) is 0 Å². The molecule has 0 heterocycles. The van der Waals surface area contributed by atoms with Crippen LogP contribution in [0.25, 0.3) is 0 Å². The van der Waals surface area contributed by atoms with Crippen molar-refractivity contribution in [1.29, 1.82) is 0 Å². The van der Waals surface area contributed by atoms with Gasteiger partial charge in [0.05, 0.1) is 0 Å². The lowest BCUT2D eigenvalue weighted by Gasteiger charge is -2.01. The molecular weight excluding hydrogens is 220 g/mol. The van der Waals surface area contributed by atoms with Gasteiger partial charge in [0.1, 0.15) is 6.29 Å². The lowest BCUT2D eigenvalue weighted by Crippen LogP contribution is -1.82. The first-order valence-electron chi connectivity index (χ1n) is 8.00. The van der Waals surface area contributed by atoms with E-state index in [0.29, 0.717) is 6.42 Å². The molecule has 106 valence electrons. The number of rotatable bonds is 14. The Morgan fingerprint density at radius 3 is 1.67 bits per heavy atom. The second-order valence-corrected chi connectivity index (χ2v) is 5.20. The number of allylic oxidation sites excluding steroid dienone is 2. The zero-order valence-electron chi connectivity index (χ0n) is 12.3. The Morgan fingerprint density at radius 2 is 1.17 bits per heavy atom. The summed E-state index contributed by atoms with van der Waals surface area (Å²) < 4.78 is 0. The van der Waals surface area contributed by atoms with Crippen LogP contribution in [0.15, 0.2) is 12.2 Å². The third kappa shape index (κ3) is 15.4. The molecule has 0 aliphatic carbocycles. The maximum Gasteiger partial charge on any atom is 0.123 e. The summed E-state index contributed by atoms with van der Waals surface area (Å²) >= 11 is 0. The molecule has 1 nitrogen and oxygen atoms in total. The third-order valence-corrected chi connectivity index (χ3v) is 3.37. The quantitative estimate of drug-likeness (QED) is 0.216. The Hall–Kier alpha value is -0.590. The van der Waals surface area contributed by atoms with Crippen LogP contribution in [0.1, 0.15) is 90.4 Å². The summed E-state index contributed by atoms with van der Waals surface area (Å²) in [4.78, 5) is 10.1. The number of hydrogen-bond donors (Lipinski definition) is 0. The zero-order chi connectivity index (χ0) is 13.3. The van der Waals surface area contributed by atoms with Gasteiger partial charge in [0.15, 0.2) is 0 Å². The molecule has 0 rings (SSSR count). The molecule has 0 bridgehead atoms. The van der Waals surface area contributed by atoms with E-state index in [1.54, 1.807) is 0 Å². The van der Waals surface area contributed by atoms with Gasteiger partial charge in [-0.3, -0.25) is 0 Å². The van der Waals surface area contributed by atoms with Crippen molar-refractivity contribution in [3.8, 4) is 0 Å². The van der Waals surface area contributed by atoms with Gasteiger partial charge in [0, 0.05) is 6.42 Å². The fourth-order valence-electron chi connectivity index (χ4n) is 2.20. The molecule has 0 N–H and O–H groups in total. The third-order valence-electron chi connectivity index (χ3n) is 3.37. The molecule has 0 aliphatic rings. The van der Waals surface area contributed by atoms with Crippen molar-refractivity contribution in [2.75, 3.05) is 0 Å². The van der Waals surface area contributed by atoms with E-state index in [2.05, 4.69) is 13.0 Å². The first-order valence-corrected chi connectivity index (χ1v) is 8.00. The van der Waals surface area contributed by atoms with Gasteiger partial charge in [-0.15, -0.1) is 0 Å². The first-order chi connectivity index (χ1) is 8.91. The van der Waals surface area contributed by atoms with Crippen molar-refractivity contribution < 1.29 is 4.79 Å². The highest BCUT2D eigenvalue weighted by Crippen LogP contribution is 2.11. The molecule has 0 aromatic carbocycles. The summed E-state index contributed by atoms with van der Waals surface area (Å²) in [7, 11) is 0. The highest BCUT2D eigenvalue weighted by molar-refractivity contribution is 5.51. The summed E-state index contributed by atoms with van der Waals surface area (Å²) in [6.45, 7) is 2.27. The molecule has 18 heavy (non-hydrogen) atoms. The standard InChI is InChI=1S/C17H32O/c1-2-3-4-5-6-7-8-9-10-11-12-13-14-15-16-17-18/h14-15,17H,2-13,16H2,1H3/b15-14+. The lowest BCUT2D eigenvalue weighted by molar-refractivity contribution is -0.107. The summed E-state index contributed by atoms with van der Waals surface area (Å²) in [5.74, 6) is 0. The predicted octanol–water partition coefficient (Wildman–Crippen LogP) is 5.83. The van der Waals surface area contributed by atoms with Gasteiger partial charge in [-0.05, 0) is 12.8 Å². The molecule has 0 spiro atoms. The van der Waals surface area contributed by atoms with E-state index in [4.69, 9.17) is 0 Å². The summed E-state index contributed by atoms with van der Waals surface area (Å²) in [6, 6.07) is 0. The number of carbonyl (C=O) groups excluding carboxylic acids is 1. The van der Waals surface area contributed by atoms with Crippen LogP contribution in [0.2, 0.25) is 0 Å². The Balaban J connectivity index is 2.96. The van der Waals surface area contributed by atoms with Crippen LogP contribution in [-0.4, -0.2) is 6.29 Å². The van der Waals surface area contributed by atoms with E-state index in [1.807, 2.05) is 6.08 Å². The Bertz CT molecular complexity index is 184. The Morgan fingerprint density at radius 1 is 0.667 bits per heavy atom. The minimum Gasteiger partial charge on any atom is -0.303 e. The minimum absolute atomic E-state index is 0.581. The van der Waals surface area contributed by atoms with E-state index >= 15 is 0 Å². The highest BCUT2D eigenvalue weighted by atomic mass is 16.1. The van der Waals surface area contributed by atoms with Crippen LogP contribution in [-0.2, 0) is 4.79 Å². The van der Waals surface area contributed by atoms with Crippen molar-refractivity contribution in [1.82, 2.24) is 0 Å². The Labute approximate surface area is 114 Å². The van der Waals surface area contributed by atoms with Gasteiger partial charge < -0.3 is 4.79 Å². The van der Waals surface area contributed by atoms with Crippen molar-refractivity contribution in [2.45, 2.75) is 90.4 Å². The van der Waals surface area contributed by atoms with Crippen molar-refractivity contribution >= 4 is 6.29 Å².